The van der Waals surface area contributed by atoms with Crippen LogP contribution in [0.5, 0.6) is 0 Å². The van der Waals surface area contributed by atoms with E-state index in [1.807, 2.05) is 43.3 Å². The Morgan fingerprint density at radius 2 is 1.86 bits per heavy atom. The van der Waals surface area contributed by atoms with Crippen molar-refractivity contribution in [2.75, 3.05) is 16.2 Å². The number of nitrogens with zero attached hydrogens (tertiary/aromatic N) is 1. The van der Waals surface area contributed by atoms with Crippen molar-refractivity contribution >= 4 is 27.3 Å². The number of benzene rings is 2. The fraction of sp³-hybridized carbons (Fsp3) is 0.409. The highest BCUT2D eigenvalue weighted by molar-refractivity contribution is 7.91. The molecule has 1 fully saturated rings. The Balaban J connectivity index is 0.00000240. The Bertz CT molecular complexity index is 986. The number of sulfonamides is 1. The molecule has 0 atom stereocenters. The number of aryl methyl sites for hydroxylation is 1. The van der Waals surface area contributed by atoms with Crippen molar-refractivity contribution in [3.63, 3.8) is 0 Å². The highest BCUT2D eigenvalue weighted by Crippen LogP contribution is 2.40. The van der Waals surface area contributed by atoms with E-state index in [1.54, 1.807) is 11.0 Å². The van der Waals surface area contributed by atoms with Crippen LogP contribution in [0.15, 0.2) is 42.5 Å². The summed E-state index contributed by atoms with van der Waals surface area (Å²) < 4.78 is 27.9. The van der Waals surface area contributed by atoms with E-state index in [9.17, 15) is 13.2 Å². The number of rotatable bonds is 7. The molecule has 0 bridgehead atoms. The van der Waals surface area contributed by atoms with E-state index in [0.717, 1.165) is 23.2 Å². The van der Waals surface area contributed by atoms with Gasteiger partial charge in [0.15, 0.2) is 0 Å². The van der Waals surface area contributed by atoms with Gasteiger partial charge in [-0.05, 0) is 66.5 Å². The number of carbonyl (C=O) groups excluding carboxylic acids is 1. The molecule has 150 valence electrons. The quantitative estimate of drug-likeness (QED) is 0.747. The maximum atomic E-state index is 12.6. The molecule has 0 radical (unpaired) electrons. The first kappa shape index (κ1) is 19.0. The summed E-state index contributed by atoms with van der Waals surface area (Å²) in [6.07, 6.45) is 4.47. The summed E-state index contributed by atoms with van der Waals surface area (Å²) in [5.41, 5.74) is 4.56. The smallest absolute Gasteiger partial charge is 0.236 e. The molecule has 0 aromatic heterocycles. The summed E-state index contributed by atoms with van der Waals surface area (Å²) in [7, 11) is -3.50. The molecule has 5 nitrogen and oxygen atoms in total. The van der Waals surface area contributed by atoms with Crippen molar-refractivity contribution in [3.8, 4) is 0 Å². The SMILES string of the molecule is CCCN1C(=O)CCc2cc(NS(=O)(=O)Cc3ccc(C4CC4)cc3)ccc21.[HH]. The van der Waals surface area contributed by atoms with Crippen molar-refractivity contribution in [2.45, 2.75) is 50.7 Å². The normalized spacial score (nSPS) is 16.8. The Kier molecular flexibility index (Phi) is 5.15. The Morgan fingerprint density at radius 3 is 2.54 bits per heavy atom. The maximum Gasteiger partial charge on any atom is 0.236 e. The molecule has 2 aromatic carbocycles. The lowest BCUT2D eigenvalue weighted by molar-refractivity contribution is -0.118. The number of hydrogen-bond donors (Lipinski definition) is 1. The molecule has 0 saturated heterocycles. The van der Waals surface area contributed by atoms with E-state index in [-0.39, 0.29) is 13.1 Å². The lowest BCUT2D eigenvalue weighted by atomic mass is 10.0. The molecule has 1 amide bonds. The molecule has 1 aliphatic heterocycles. The first-order chi connectivity index (χ1) is 13.4. The van der Waals surface area contributed by atoms with Gasteiger partial charge in [-0.25, -0.2) is 8.42 Å². The summed E-state index contributed by atoms with van der Waals surface area (Å²) in [6.45, 7) is 2.73. The van der Waals surface area contributed by atoms with Crippen LogP contribution < -0.4 is 9.62 Å². The fourth-order valence-electron chi connectivity index (χ4n) is 3.83. The maximum absolute atomic E-state index is 12.6. The largest absolute Gasteiger partial charge is 0.312 e. The first-order valence-electron chi connectivity index (χ1n) is 9.98. The van der Waals surface area contributed by atoms with Gasteiger partial charge in [0, 0.05) is 25.8 Å². The molecule has 0 unspecified atom stereocenters. The standard InChI is InChI=1S/C22H26N2O3S.H2/c1-2-13-24-21-11-10-20(14-19(21)9-12-22(24)25)23-28(26,27)15-16-3-5-17(6-4-16)18-7-8-18;/h3-6,10-11,14,18,23H,2,7-9,12-13,15H2,1H3;1H. The summed E-state index contributed by atoms with van der Waals surface area (Å²) in [4.78, 5) is 14.0. The molecule has 2 aromatic rings. The van der Waals surface area contributed by atoms with Crippen molar-refractivity contribution in [1.29, 1.82) is 0 Å². The number of hydrogen-bond acceptors (Lipinski definition) is 3. The van der Waals surface area contributed by atoms with Crippen molar-refractivity contribution < 1.29 is 14.6 Å². The van der Waals surface area contributed by atoms with Crippen LogP contribution in [0.2, 0.25) is 0 Å². The lowest BCUT2D eigenvalue weighted by Gasteiger charge is -2.29. The molecule has 1 aliphatic carbocycles. The van der Waals surface area contributed by atoms with Crippen LogP contribution in [0.25, 0.3) is 0 Å². The zero-order valence-electron chi connectivity index (χ0n) is 16.1. The van der Waals surface area contributed by atoms with Crippen LogP contribution in [0, 0.1) is 0 Å². The lowest BCUT2D eigenvalue weighted by Crippen LogP contribution is -2.35. The third-order valence-electron chi connectivity index (χ3n) is 5.39. The van der Waals surface area contributed by atoms with Crippen LogP contribution in [0.1, 0.15) is 56.6 Å². The van der Waals surface area contributed by atoms with E-state index in [1.165, 1.54) is 18.4 Å². The van der Waals surface area contributed by atoms with Crippen LogP contribution in [0.3, 0.4) is 0 Å². The van der Waals surface area contributed by atoms with Gasteiger partial charge in [0.1, 0.15) is 0 Å². The van der Waals surface area contributed by atoms with Gasteiger partial charge < -0.3 is 4.90 Å². The monoisotopic (exact) mass is 400 g/mol. The van der Waals surface area contributed by atoms with E-state index < -0.39 is 10.0 Å². The third kappa shape index (κ3) is 4.22. The van der Waals surface area contributed by atoms with E-state index in [4.69, 9.17) is 0 Å². The zero-order chi connectivity index (χ0) is 19.7. The van der Waals surface area contributed by atoms with E-state index >= 15 is 0 Å². The van der Waals surface area contributed by atoms with Gasteiger partial charge >= 0.3 is 0 Å². The van der Waals surface area contributed by atoms with E-state index in [2.05, 4.69) is 4.72 Å². The number of fused-ring (bicyclic) bond motifs is 1. The molecule has 1 N–H and O–H groups in total. The predicted octanol–water partition coefficient (Wildman–Crippen LogP) is 4.44. The zero-order valence-corrected chi connectivity index (χ0v) is 17.0. The van der Waals surface area contributed by atoms with Crippen LogP contribution in [0.4, 0.5) is 11.4 Å². The second kappa shape index (κ2) is 7.59. The Hall–Kier alpha value is -2.34. The molecule has 0 spiro atoms. The number of nitrogens with one attached hydrogen (secondary N) is 1. The Morgan fingerprint density at radius 1 is 1.11 bits per heavy atom. The van der Waals surface area contributed by atoms with Crippen LogP contribution >= 0.6 is 0 Å². The fourth-order valence-corrected chi connectivity index (χ4v) is 5.02. The molecule has 28 heavy (non-hydrogen) atoms. The first-order valence-corrected chi connectivity index (χ1v) is 11.6. The van der Waals surface area contributed by atoms with Gasteiger partial charge in [-0.3, -0.25) is 9.52 Å². The number of carbonyl (C=O) groups is 1. The van der Waals surface area contributed by atoms with E-state index in [0.29, 0.717) is 31.0 Å². The van der Waals surface area contributed by atoms with Gasteiger partial charge in [-0.1, -0.05) is 31.2 Å². The van der Waals surface area contributed by atoms with Crippen molar-refractivity contribution in [3.05, 3.63) is 59.2 Å². The molecule has 2 aliphatic rings. The Labute approximate surface area is 168 Å². The average molecular weight is 401 g/mol. The minimum Gasteiger partial charge on any atom is -0.312 e. The minimum atomic E-state index is -3.50. The molecular formula is C22H28N2O3S. The van der Waals surface area contributed by atoms with Gasteiger partial charge in [0.05, 0.1) is 5.75 Å². The molecule has 4 rings (SSSR count). The van der Waals surface area contributed by atoms with Gasteiger partial charge in [-0.2, -0.15) is 0 Å². The highest BCUT2D eigenvalue weighted by atomic mass is 32.2. The van der Waals surface area contributed by atoms with Crippen LogP contribution in [-0.2, 0) is 27.0 Å². The number of anilines is 2. The predicted molar refractivity (Wildman–Crippen MR) is 114 cm³/mol. The molecule has 1 saturated carbocycles. The summed E-state index contributed by atoms with van der Waals surface area (Å²) in [6, 6.07) is 13.4. The minimum absolute atomic E-state index is 0. The third-order valence-corrected chi connectivity index (χ3v) is 6.65. The molecule has 1 heterocycles. The van der Waals surface area contributed by atoms with Crippen molar-refractivity contribution in [1.82, 2.24) is 0 Å². The highest BCUT2D eigenvalue weighted by Gasteiger charge is 2.25. The summed E-state index contributed by atoms with van der Waals surface area (Å²) in [5.74, 6) is 0.755. The molecular weight excluding hydrogens is 372 g/mol. The topological polar surface area (TPSA) is 66.5 Å². The van der Waals surface area contributed by atoms with Gasteiger partial charge in [0.25, 0.3) is 0 Å². The van der Waals surface area contributed by atoms with Crippen molar-refractivity contribution in [2.24, 2.45) is 0 Å². The summed E-state index contributed by atoms with van der Waals surface area (Å²) >= 11 is 0. The second-order valence-electron chi connectivity index (χ2n) is 7.77. The number of amides is 1. The second-order valence-corrected chi connectivity index (χ2v) is 9.49. The average Bonchev–Trinajstić information content (AvgIpc) is 3.49. The molecule has 6 heteroatoms. The van der Waals surface area contributed by atoms with Gasteiger partial charge in [-0.15, -0.1) is 0 Å². The van der Waals surface area contributed by atoms with Gasteiger partial charge in [0.2, 0.25) is 15.9 Å². The van der Waals surface area contributed by atoms with Crippen LogP contribution in [-0.4, -0.2) is 20.9 Å². The summed E-state index contributed by atoms with van der Waals surface area (Å²) in [5, 5.41) is 0.